The van der Waals surface area contributed by atoms with Crippen molar-refractivity contribution >= 4 is 0 Å². The molecule has 1 aromatic rings. The molecule has 1 aromatic carbocycles. The van der Waals surface area contributed by atoms with Crippen LogP contribution in [-0.4, -0.2) is 25.6 Å². The van der Waals surface area contributed by atoms with E-state index in [1.807, 2.05) is 6.07 Å². The summed E-state index contributed by atoms with van der Waals surface area (Å²) in [5, 5.41) is 0. The first-order chi connectivity index (χ1) is 9.16. The van der Waals surface area contributed by atoms with E-state index in [2.05, 4.69) is 19.0 Å². The summed E-state index contributed by atoms with van der Waals surface area (Å²) in [5.74, 6) is 0.984. The van der Waals surface area contributed by atoms with Crippen molar-refractivity contribution in [3.05, 3.63) is 29.1 Å². The van der Waals surface area contributed by atoms with Gasteiger partial charge in [-0.1, -0.05) is 6.07 Å². The Hall–Kier alpha value is -1.09. The van der Waals surface area contributed by atoms with Crippen LogP contribution in [0.3, 0.4) is 0 Å². The first kappa shape index (κ1) is 12.9. The van der Waals surface area contributed by atoms with E-state index in [1.165, 1.54) is 18.4 Å². The first-order valence-electron chi connectivity index (χ1n) is 7.27. The topological polar surface area (TPSA) is 12.5 Å². The summed E-state index contributed by atoms with van der Waals surface area (Å²) < 4.78 is 19.8. The van der Waals surface area contributed by atoms with Gasteiger partial charge in [-0.25, -0.2) is 4.39 Å². The van der Waals surface area contributed by atoms with Gasteiger partial charge in [-0.3, -0.25) is 0 Å². The molecule has 3 rings (SSSR count). The predicted molar refractivity (Wildman–Crippen MR) is 74.0 cm³/mol. The molecule has 0 unspecified atom stereocenters. The monoisotopic (exact) mass is 263 g/mol. The van der Waals surface area contributed by atoms with Gasteiger partial charge in [-0.15, -0.1) is 0 Å². The van der Waals surface area contributed by atoms with Crippen LogP contribution in [0.4, 0.5) is 4.39 Å². The van der Waals surface area contributed by atoms with Crippen LogP contribution in [-0.2, 0) is 6.42 Å². The van der Waals surface area contributed by atoms with Crippen LogP contribution in [0.5, 0.6) is 5.75 Å². The summed E-state index contributed by atoms with van der Waals surface area (Å²) >= 11 is 0. The van der Waals surface area contributed by atoms with Crippen LogP contribution in [0.2, 0.25) is 0 Å². The number of benzene rings is 1. The van der Waals surface area contributed by atoms with Gasteiger partial charge >= 0.3 is 0 Å². The molecule has 19 heavy (non-hydrogen) atoms. The lowest BCUT2D eigenvalue weighted by atomic mass is 9.86. The van der Waals surface area contributed by atoms with Gasteiger partial charge in [0, 0.05) is 11.6 Å². The molecule has 0 heterocycles. The van der Waals surface area contributed by atoms with Gasteiger partial charge in [0.15, 0.2) is 11.6 Å². The second-order valence-electron chi connectivity index (χ2n) is 6.07. The number of rotatable bonds is 4. The SMILES string of the molecule is CN(C)[C@@H]1CCCc2c1ccc(F)c2OCC1CC1. The molecule has 1 fully saturated rings. The molecule has 0 amide bonds. The zero-order chi connectivity index (χ0) is 13.4. The number of nitrogens with zero attached hydrogens (tertiary/aromatic N) is 1. The summed E-state index contributed by atoms with van der Waals surface area (Å²) in [7, 11) is 4.18. The Morgan fingerprint density at radius 3 is 2.74 bits per heavy atom. The fraction of sp³-hybridized carbons (Fsp3) is 0.625. The Morgan fingerprint density at radius 1 is 1.26 bits per heavy atom. The molecule has 0 aliphatic heterocycles. The molecule has 1 atom stereocenters. The summed E-state index contributed by atoms with van der Waals surface area (Å²) in [6.07, 6.45) is 5.66. The highest BCUT2D eigenvalue weighted by atomic mass is 19.1. The molecule has 0 saturated heterocycles. The van der Waals surface area contributed by atoms with Crippen molar-refractivity contribution in [2.24, 2.45) is 5.92 Å². The molecule has 104 valence electrons. The number of hydrogen-bond acceptors (Lipinski definition) is 2. The largest absolute Gasteiger partial charge is 0.490 e. The van der Waals surface area contributed by atoms with Crippen molar-refractivity contribution in [2.45, 2.75) is 38.1 Å². The molecule has 2 nitrogen and oxygen atoms in total. The van der Waals surface area contributed by atoms with Gasteiger partial charge in [0.25, 0.3) is 0 Å². The maximum absolute atomic E-state index is 14.0. The molecular formula is C16H22FNO. The Morgan fingerprint density at radius 2 is 2.05 bits per heavy atom. The Kier molecular flexibility index (Phi) is 3.48. The van der Waals surface area contributed by atoms with Crippen molar-refractivity contribution in [1.29, 1.82) is 0 Å². The van der Waals surface area contributed by atoms with E-state index in [1.54, 1.807) is 6.07 Å². The van der Waals surface area contributed by atoms with Crippen molar-refractivity contribution < 1.29 is 9.13 Å². The van der Waals surface area contributed by atoms with Gasteiger partial charge in [0.05, 0.1) is 6.61 Å². The highest BCUT2D eigenvalue weighted by Crippen LogP contribution is 2.40. The second-order valence-corrected chi connectivity index (χ2v) is 6.07. The Labute approximate surface area is 114 Å². The zero-order valence-electron chi connectivity index (χ0n) is 11.8. The summed E-state index contributed by atoms with van der Waals surface area (Å²) in [6.45, 7) is 0.681. The van der Waals surface area contributed by atoms with Gasteiger partial charge in [0.1, 0.15) is 0 Å². The average Bonchev–Trinajstić information content (AvgIpc) is 3.20. The molecule has 1 saturated carbocycles. The third kappa shape index (κ3) is 2.62. The van der Waals surface area contributed by atoms with E-state index >= 15 is 0 Å². The highest BCUT2D eigenvalue weighted by Gasteiger charge is 2.28. The third-order valence-corrected chi connectivity index (χ3v) is 4.30. The van der Waals surface area contributed by atoms with Gasteiger partial charge in [-0.05, 0) is 63.7 Å². The smallest absolute Gasteiger partial charge is 0.165 e. The first-order valence-corrected chi connectivity index (χ1v) is 7.27. The fourth-order valence-corrected chi connectivity index (χ4v) is 2.99. The van der Waals surface area contributed by atoms with Crippen molar-refractivity contribution in [2.75, 3.05) is 20.7 Å². The molecule has 0 spiro atoms. The zero-order valence-corrected chi connectivity index (χ0v) is 11.8. The predicted octanol–water partition coefficient (Wildman–Crippen LogP) is 3.55. The van der Waals surface area contributed by atoms with E-state index in [9.17, 15) is 4.39 Å². The van der Waals surface area contributed by atoms with Crippen LogP contribution < -0.4 is 4.74 Å². The van der Waals surface area contributed by atoms with Crippen molar-refractivity contribution in [3.8, 4) is 5.75 Å². The van der Waals surface area contributed by atoms with E-state index in [-0.39, 0.29) is 5.82 Å². The molecule has 2 aliphatic carbocycles. The van der Waals surface area contributed by atoms with E-state index < -0.39 is 0 Å². The van der Waals surface area contributed by atoms with Gasteiger partial charge in [-0.2, -0.15) is 0 Å². The molecular weight excluding hydrogens is 241 g/mol. The van der Waals surface area contributed by atoms with Gasteiger partial charge in [0.2, 0.25) is 0 Å². The Balaban J connectivity index is 1.91. The lowest BCUT2D eigenvalue weighted by Gasteiger charge is -2.32. The summed E-state index contributed by atoms with van der Waals surface area (Å²) in [5.41, 5.74) is 2.36. The molecule has 0 bridgehead atoms. The minimum atomic E-state index is -0.196. The fourth-order valence-electron chi connectivity index (χ4n) is 2.99. The lowest BCUT2D eigenvalue weighted by Crippen LogP contribution is -2.24. The third-order valence-electron chi connectivity index (χ3n) is 4.30. The summed E-state index contributed by atoms with van der Waals surface area (Å²) in [6, 6.07) is 3.91. The molecule has 0 N–H and O–H groups in total. The number of hydrogen-bond donors (Lipinski definition) is 0. The summed E-state index contributed by atoms with van der Waals surface area (Å²) in [4.78, 5) is 2.22. The van der Waals surface area contributed by atoms with Crippen LogP contribution in [0.15, 0.2) is 12.1 Å². The normalized spacial score (nSPS) is 22.4. The van der Waals surface area contributed by atoms with Crippen LogP contribution >= 0.6 is 0 Å². The molecule has 2 aliphatic rings. The van der Waals surface area contributed by atoms with Crippen LogP contribution in [0, 0.1) is 11.7 Å². The quantitative estimate of drug-likeness (QED) is 0.823. The van der Waals surface area contributed by atoms with Gasteiger partial charge < -0.3 is 9.64 Å². The number of halogens is 1. The highest BCUT2D eigenvalue weighted by molar-refractivity contribution is 5.44. The maximum atomic E-state index is 14.0. The van der Waals surface area contributed by atoms with Crippen molar-refractivity contribution in [1.82, 2.24) is 4.90 Å². The number of ether oxygens (including phenoxy) is 1. The number of fused-ring (bicyclic) bond motifs is 1. The standard InChI is InChI=1S/C16H22FNO/c1-18(2)15-5-3-4-13-12(15)8-9-14(17)16(13)19-10-11-6-7-11/h8-9,11,15H,3-7,10H2,1-2H3/t15-/m1/s1. The van der Waals surface area contributed by atoms with Crippen molar-refractivity contribution in [3.63, 3.8) is 0 Å². The maximum Gasteiger partial charge on any atom is 0.165 e. The lowest BCUT2D eigenvalue weighted by molar-refractivity contribution is 0.254. The molecule has 0 radical (unpaired) electrons. The van der Waals surface area contributed by atoms with E-state index in [4.69, 9.17) is 4.74 Å². The van der Waals surface area contributed by atoms with E-state index in [0.29, 0.717) is 24.3 Å². The molecule has 3 heteroatoms. The van der Waals surface area contributed by atoms with Crippen LogP contribution in [0.25, 0.3) is 0 Å². The van der Waals surface area contributed by atoms with E-state index in [0.717, 1.165) is 24.8 Å². The molecule has 0 aromatic heterocycles. The second kappa shape index (κ2) is 5.12. The minimum Gasteiger partial charge on any atom is -0.490 e. The Bertz CT molecular complexity index is 468. The average molecular weight is 263 g/mol. The minimum absolute atomic E-state index is 0.196. The van der Waals surface area contributed by atoms with Crippen LogP contribution in [0.1, 0.15) is 42.9 Å².